The van der Waals surface area contributed by atoms with Gasteiger partial charge in [-0.3, -0.25) is 14.5 Å². The number of amidine groups is 1. The summed E-state index contributed by atoms with van der Waals surface area (Å²) < 4.78 is 35.6. The number of amides is 2. The minimum absolute atomic E-state index is 0.0652. The van der Waals surface area contributed by atoms with E-state index in [0.717, 1.165) is 5.56 Å². The highest BCUT2D eigenvalue weighted by molar-refractivity contribution is 8.15. The van der Waals surface area contributed by atoms with Crippen LogP contribution in [0.4, 0.5) is 20.2 Å². The Morgan fingerprint density at radius 1 is 1.08 bits per heavy atom. The first-order valence-corrected chi connectivity index (χ1v) is 12.9. The van der Waals surface area contributed by atoms with Gasteiger partial charge in [-0.05, 0) is 48.9 Å². The van der Waals surface area contributed by atoms with Crippen molar-refractivity contribution in [3.63, 3.8) is 0 Å². The Labute approximate surface area is 227 Å². The van der Waals surface area contributed by atoms with Crippen molar-refractivity contribution in [3.8, 4) is 11.5 Å². The number of carbonyl (C=O) groups excluding carboxylic acids is 2. The molecule has 0 radical (unpaired) electrons. The van der Waals surface area contributed by atoms with E-state index in [1.807, 2.05) is 37.3 Å². The lowest BCUT2D eigenvalue weighted by molar-refractivity contribution is -0.128. The topological polar surface area (TPSA) is 80.2 Å². The Balaban J connectivity index is 1.51. The number of anilines is 1. The summed E-state index contributed by atoms with van der Waals surface area (Å²) in [5.74, 6) is -0.0778. The molecule has 1 aliphatic rings. The number of alkyl halides is 3. The van der Waals surface area contributed by atoms with E-state index in [9.17, 15) is 18.4 Å². The van der Waals surface area contributed by atoms with Gasteiger partial charge in [0, 0.05) is 29.8 Å². The molecule has 0 unspecified atom stereocenters. The van der Waals surface area contributed by atoms with E-state index in [4.69, 9.17) is 16.3 Å². The van der Waals surface area contributed by atoms with E-state index in [-0.39, 0.29) is 30.5 Å². The minimum atomic E-state index is -3.83. The first-order valence-electron chi connectivity index (χ1n) is 11.7. The van der Waals surface area contributed by atoms with E-state index < -0.39 is 10.8 Å². The maximum atomic E-state index is 13.4. The highest BCUT2D eigenvalue weighted by atomic mass is 35.5. The number of nitrogens with one attached hydrogen (secondary N) is 1. The average molecular weight is 560 g/mol. The number of halogens is 3. The fourth-order valence-electron chi connectivity index (χ4n) is 3.68. The summed E-state index contributed by atoms with van der Waals surface area (Å²) in [4.78, 5) is 32.2. The fourth-order valence-corrected chi connectivity index (χ4v) is 4.93. The molecule has 0 bridgehead atoms. The van der Waals surface area contributed by atoms with E-state index in [2.05, 4.69) is 15.0 Å². The highest BCUT2D eigenvalue weighted by Gasteiger charge is 2.39. The van der Waals surface area contributed by atoms with Gasteiger partial charge in [-0.1, -0.05) is 48.2 Å². The van der Waals surface area contributed by atoms with Crippen LogP contribution in [-0.2, 0) is 16.1 Å². The number of rotatable bonds is 10. The van der Waals surface area contributed by atoms with Gasteiger partial charge in [0.2, 0.25) is 11.8 Å². The van der Waals surface area contributed by atoms with Crippen LogP contribution in [0.1, 0.15) is 18.9 Å². The molecule has 3 aromatic carbocycles. The van der Waals surface area contributed by atoms with Gasteiger partial charge in [0.05, 0.1) is 18.8 Å². The molecular formula is C27H24ClF2N3O4S. The number of hydrogen-bond acceptors (Lipinski definition) is 6. The van der Waals surface area contributed by atoms with Crippen molar-refractivity contribution in [2.45, 2.75) is 30.7 Å². The molecule has 7 nitrogen and oxygen atoms in total. The molecule has 0 spiro atoms. The van der Waals surface area contributed by atoms with Crippen LogP contribution >= 0.6 is 23.4 Å². The van der Waals surface area contributed by atoms with Crippen LogP contribution in [0.2, 0.25) is 0 Å². The van der Waals surface area contributed by atoms with Crippen molar-refractivity contribution < 1.29 is 27.8 Å². The smallest absolute Gasteiger partial charge is 0.487 e. The van der Waals surface area contributed by atoms with Crippen LogP contribution in [0.25, 0.3) is 0 Å². The Morgan fingerprint density at radius 2 is 1.82 bits per heavy atom. The molecule has 0 saturated carbocycles. The summed E-state index contributed by atoms with van der Waals surface area (Å²) in [6.45, 7) is 2.63. The van der Waals surface area contributed by atoms with Gasteiger partial charge in [0.1, 0.15) is 16.7 Å². The van der Waals surface area contributed by atoms with Gasteiger partial charge in [0.25, 0.3) is 0 Å². The Morgan fingerprint density at radius 3 is 2.50 bits per heavy atom. The van der Waals surface area contributed by atoms with Gasteiger partial charge in [-0.25, -0.2) is 4.99 Å². The number of benzene rings is 3. The number of carbonyl (C=O) groups is 2. The summed E-state index contributed by atoms with van der Waals surface area (Å²) in [5, 5.41) is 2.52. The zero-order valence-electron chi connectivity index (χ0n) is 20.3. The monoisotopic (exact) mass is 559 g/mol. The normalized spacial score (nSPS) is 16.5. The Bertz CT molecular complexity index is 1300. The zero-order valence-corrected chi connectivity index (χ0v) is 21.8. The lowest BCUT2D eigenvalue weighted by Crippen LogP contribution is -2.33. The van der Waals surface area contributed by atoms with E-state index in [0.29, 0.717) is 28.9 Å². The molecule has 2 amide bonds. The third-order valence-corrected chi connectivity index (χ3v) is 6.55. The van der Waals surface area contributed by atoms with Crippen molar-refractivity contribution in [1.29, 1.82) is 0 Å². The summed E-state index contributed by atoms with van der Waals surface area (Å²) in [5.41, 5.74) is -1.95. The van der Waals surface area contributed by atoms with Crippen LogP contribution in [0.5, 0.6) is 11.5 Å². The van der Waals surface area contributed by atoms with Gasteiger partial charge in [-0.15, -0.1) is 8.78 Å². The largest absolute Gasteiger partial charge is 0.494 e. The Kier molecular flexibility index (Phi) is 8.85. The fraction of sp³-hybridized carbons (Fsp3) is 0.222. The van der Waals surface area contributed by atoms with Gasteiger partial charge >= 0.3 is 5.57 Å². The van der Waals surface area contributed by atoms with Crippen molar-refractivity contribution in [1.82, 2.24) is 4.90 Å². The van der Waals surface area contributed by atoms with Crippen molar-refractivity contribution >= 4 is 51.7 Å². The summed E-state index contributed by atoms with van der Waals surface area (Å²) in [7, 11) is 0. The summed E-state index contributed by atoms with van der Waals surface area (Å²) >= 11 is 5.99. The number of thioether (sulfide) groups is 1. The molecule has 38 heavy (non-hydrogen) atoms. The third kappa shape index (κ3) is 7.69. The second kappa shape index (κ2) is 12.3. The van der Waals surface area contributed by atoms with Crippen LogP contribution in [-0.4, -0.2) is 39.3 Å². The molecule has 0 aliphatic carbocycles. The number of hydrogen-bond donors (Lipinski definition) is 1. The third-order valence-electron chi connectivity index (χ3n) is 5.30. The lowest BCUT2D eigenvalue weighted by Gasteiger charge is -2.17. The molecule has 0 aromatic heterocycles. The van der Waals surface area contributed by atoms with E-state index >= 15 is 0 Å². The van der Waals surface area contributed by atoms with Crippen LogP contribution in [0.3, 0.4) is 0 Å². The first kappa shape index (κ1) is 27.4. The summed E-state index contributed by atoms with van der Waals surface area (Å²) in [6, 6.07) is 22.0. The van der Waals surface area contributed by atoms with Crippen LogP contribution in [0, 0.1) is 0 Å². The van der Waals surface area contributed by atoms with Gasteiger partial charge in [0.15, 0.2) is 5.17 Å². The SMILES string of the molecule is CCOc1cccc(NC(=O)C[C@@H]2SC(=Nc3ccc(OC(F)(F)Cl)cc3)N(Cc3ccccc3)C2=O)c1. The molecule has 1 aliphatic heterocycles. The first-order chi connectivity index (χ1) is 18.2. The number of ether oxygens (including phenoxy) is 2. The molecule has 1 N–H and O–H groups in total. The van der Waals surface area contributed by atoms with E-state index in [1.54, 1.807) is 24.3 Å². The quantitative estimate of drug-likeness (QED) is 0.290. The predicted molar refractivity (Wildman–Crippen MR) is 144 cm³/mol. The molecular weight excluding hydrogens is 536 g/mol. The molecule has 11 heteroatoms. The molecule has 4 rings (SSSR count). The predicted octanol–water partition coefficient (Wildman–Crippen LogP) is 6.41. The minimum Gasteiger partial charge on any atom is -0.494 e. The van der Waals surface area contributed by atoms with Crippen LogP contribution in [0.15, 0.2) is 83.9 Å². The van der Waals surface area contributed by atoms with Crippen molar-refractivity contribution in [2.75, 3.05) is 11.9 Å². The lowest BCUT2D eigenvalue weighted by atomic mass is 10.2. The van der Waals surface area contributed by atoms with E-state index in [1.165, 1.54) is 40.9 Å². The molecule has 1 heterocycles. The maximum Gasteiger partial charge on any atom is 0.487 e. The van der Waals surface area contributed by atoms with Crippen molar-refractivity contribution in [2.24, 2.45) is 4.99 Å². The molecule has 1 atom stereocenters. The standard InChI is InChI=1S/C27H24ClF2N3O4S/c1-2-36-22-10-6-9-20(15-22)31-24(34)16-23-25(35)33(17-18-7-4-3-5-8-18)26(38-23)32-19-11-13-21(14-12-19)37-27(28,29)30/h3-15,23H,2,16-17H2,1H3,(H,31,34)/t23-/m0/s1. The molecule has 1 fully saturated rings. The average Bonchev–Trinajstić information content (AvgIpc) is 3.14. The highest BCUT2D eigenvalue weighted by Crippen LogP contribution is 2.34. The number of aliphatic imine (C=N–C) groups is 1. The van der Waals surface area contributed by atoms with Crippen LogP contribution < -0.4 is 14.8 Å². The maximum absolute atomic E-state index is 13.4. The summed E-state index contributed by atoms with van der Waals surface area (Å²) in [6.07, 6.45) is -0.0652. The molecule has 198 valence electrons. The van der Waals surface area contributed by atoms with Gasteiger partial charge < -0.3 is 14.8 Å². The van der Waals surface area contributed by atoms with Crippen molar-refractivity contribution in [3.05, 3.63) is 84.4 Å². The molecule has 3 aromatic rings. The Hall–Kier alpha value is -3.63. The zero-order chi connectivity index (χ0) is 27.1. The van der Waals surface area contributed by atoms with Gasteiger partial charge in [-0.2, -0.15) is 0 Å². The second-order valence-corrected chi connectivity index (χ2v) is 9.78. The molecule has 1 saturated heterocycles. The number of nitrogens with zero attached hydrogens (tertiary/aromatic N) is 2. The second-order valence-electron chi connectivity index (χ2n) is 8.17.